The maximum atomic E-state index is 12.7. The van der Waals surface area contributed by atoms with Gasteiger partial charge in [-0.1, -0.05) is 0 Å². The van der Waals surface area contributed by atoms with Crippen LogP contribution in [0.3, 0.4) is 0 Å². The van der Waals surface area contributed by atoms with Crippen LogP contribution in [0.15, 0.2) is 18.5 Å². The first-order valence-corrected chi connectivity index (χ1v) is 11.2. The molecule has 4 N–H and O–H groups in total. The molecule has 2 aromatic rings. The number of halogens is 3. The Kier molecular flexibility index (Phi) is 6.89. The highest BCUT2D eigenvalue weighted by Crippen LogP contribution is 2.35. The Labute approximate surface area is 193 Å². The second-order valence-corrected chi connectivity index (χ2v) is 8.74. The molecular weight excluding hydrogens is 455 g/mol. The van der Waals surface area contributed by atoms with Crippen molar-refractivity contribution in [2.45, 2.75) is 69.4 Å². The van der Waals surface area contributed by atoms with E-state index >= 15 is 0 Å². The second-order valence-electron chi connectivity index (χ2n) is 8.74. The van der Waals surface area contributed by atoms with Crippen molar-refractivity contribution >= 4 is 11.9 Å². The zero-order valence-corrected chi connectivity index (χ0v) is 18.3. The molecule has 1 saturated carbocycles. The molecule has 3 aliphatic rings. The lowest BCUT2D eigenvalue weighted by molar-refractivity contribution is -0.192. The third kappa shape index (κ3) is 5.22. The van der Waals surface area contributed by atoms with Crippen LogP contribution in [0, 0.1) is 0 Å². The van der Waals surface area contributed by atoms with Crippen molar-refractivity contribution in [2.75, 3.05) is 6.54 Å². The number of nitrogens with zero attached hydrogens (tertiary/aromatic N) is 3. The molecule has 0 aromatic carbocycles. The molecule has 5 rings (SSSR count). The van der Waals surface area contributed by atoms with E-state index in [1.54, 1.807) is 6.20 Å². The quantitative estimate of drug-likeness (QED) is 0.568. The zero-order valence-electron chi connectivity index (χ0n) is 18.3. The van der Waals surface area contributed by atoms with Gasteiger partial charge in [-0.25, -0.2) is 9.59 Å². The number of nitrogens with one attached hydrogen (secondary N) is 1. The van der Waals surface area contributed by atoms with E-state index in [0.29, 0.717) is 30.9 Å². The number of carboxylic acid groups (broad SMARTS) is 1. The maximum Gasteiger partial charge on any atom is 0.490 e. The van der Waals surface area contributed by atoms with E-state index in [1.807, 2.05) is 16.9 Å². The smallest absolute Gasteiger partial charge is 0.475 e. The highest BCUT2D eigenvalue weighted by molar-refractivity contribution is 5.93. The minimum Gasteiger partial charge on any atom is -0.475 e. The van der Waals surface area contributed by atoms with Crippen molar-refractivity contribution in [1.29, 1.82) is 0 Å². The number of aryl methyl sites for hydroxylation is 1. The lowest BCUT2D eigenvalue weighted by atomic mass is 9.90. The number of esters is 1. The van der Waals surface area contributed by atoms with Gasteiger partial charge < -0.3 is 20.9 Å². The minimum absolute atomic E-state index is 0.182. The molecule has 34 heavy (non-hydrogen) atoms. The number of cyclic esters (lactones) is 1. The van der Waals surface area contributed by atoms with Crippen LogP contribution in [0.1, 0.15) is 47.3 Å². The van der Waals surface area contributed by atoms with Gasteiger partial charge in [-0.15, -0.1) is 0 Å². The van der Waals surface area contributed by atoms with Gasteiger partial charge in [0.25, 0.3) is 0 Å². The Balaban J connectivity index is 0.000000344. The number of aromatic nitrogens is 3. The van der Waals surface area contributed by atoms with Gasteiger partial charge in [-0.2, -0.15) is 18.3 Å². The summed E-state index contributed by atoms with van der Waals surface area (Å²) in [4.78, 5) is 25.8. The molecule has 3 heterocycles. The van der Waals surface area contributed by atoms with Crippen molar-refractivity contribution < 1.29 is 32.6 Å². The molecule has 0 amide bonds. The highest BCUT2D eigenvalue weighted by Gasteiger charge is 2.38. The first-order valence-electron chi connectivity index (χ1n) is 11.2. The number of carbonyl (C=O) groups is 2. The number of aliphatic carboxylic acids is 1. The summed E-state index contributed by atoms with van der Waals surface area (Å²) in [5, 5.41) is 15.5. The number of alkyl halides is 3. The summed E-state index contributed by atoms with van der Waals surface area (Å²) in [6.07, 6.45) is 4.42. The van der Waals surface area contributed by atoms with Crippen LogP contribution in [0.5, 0.6) is 0 Å². The zero-order chi connectivity index (χ0) is 24.5. The molecule has 12 heteroatoms. The number of nitrogens with two attached hydrogens (primary N) is 1. The van der Waals surface area contributed by atoms with Crippen molar-refractivity contribution in [1.82, 2.24) is 20.1 Å². The fraction of sp³-hybridized carbons (Fsp3) is 0.545. The maximum absolute atomic E-state index is 12.7. The van der Waals surface area contributed by atoms with E-state index in [1.165, 1.54) is 5.56 Å². The number of fused-ring (bicyclic) bond motifs is 5. The summed E-state index contributed by atoms with van der Waals surface area (Å²) >= 11 is 0. The van der Waals surface area contributed by atoms with Crippen molar-refractivity contribution in [2.24, 2.45) is 5.73 Å². The monoisotopic (exact) mass is 481 g/mol. The van der Waals surface area contributed by atoms with E-state index < -0.39 is 12.1 Å². The predicted octanol–water partition coefficient (Wildman–Crippen LogP) is 2.08. The van der Waals surface area contributed by atoms with E-state index in [2.05, 4.69) is 10.3 Å². The molecule has 1 atom stereocenters. The fourth-order valence-corrected chi connectivity index (χ4v) is 4.59. The number of ether oxygens (including phenoxy) is 1. The van der Waals surface area contributed by atoms with E-state index in [-0.39, 0.29) is 12.1 Å². The third-order valence-electron chi connectivity index (χ3n) is 6.35. The first-order chi connectivity index (χ1) is 16.1. The number of carbonyl (C=O) groups excluding carboxylic acids is 1. The van der Waals surface area contributed by atoms with Crippen molar-refractivity contribution in [3.05, 3.63) is 35.3 Å². The van der Waals surface area contributed by atoms with Gasteiger partial charge in [0.1, 0.15) is 11.8 Å². The van der Waals surface area contributed by atoms with Crippen molar-refractivity contribution in [3.63, 3.8) is 0 Å². The second kappa shape index (κ2) is 9.71. The third-order valence-corrected chi connectivity index (χ3v) is 6.35. The molecule has 0 bridgehead atoms. The number of rotatable bonds is 3. The van der Waals surface area contributed by atoms with Crippen LogP contribution < -0.4 is 11.1 Å². The van der Waals surface area contributed by atoms with Gasteiger partial charge in [-0.05, 0) is 50.2 Å². The summed E-state index contributed by atoms with van der Waals surface area (Å²) in [6, 6.07) is 2.80. The largest absolute Gasteiger partial charge is 0.490 e. The summed E-state index contributed by atoms with van der Waals surface area (Å²) in [5.41, 5.74) is 10.8. The molecule has 2 aliphatic carbocycles. The van der Waals surface area contributed by atoms with Gasteiger partial charge >= 0.3 is 18.1 Å². The van der Waals surface area contributed by atoms with Gasteiger partial charge in [0.05, 0.1) is 12.2 Å². The lowest BCUT2D eigenvalue weighted by Crippen LogP contribution is -2.44. The normalized spacial score (nSPS) is 23.5. The summed E-state index contributed by atoms with van der Waals surface area (Å²) in [6.45, 7) is 1.27. The van der Waals surface area contributed by atoms with Gasteiger partial charge in [0, 0.05) is 42.1 Å². The van der Waals surface area contributed by atoms with E-state index in [4.69, 9.17) is 25.5 Å². The molecular formula is C22H26F3N5O4. The van der Waals surface area contributed by atoms with Crippen LogP contribution in [0.4, 0.5) is 13.2 Å². The standard InChI is InChI=1S/C20H25N5O2.C2HF3O2/c21-13-2-4-14(5-3-13)23-10-15-11-25-19(20(26)27-15)17-6-1-12-9-22-8-7-16(12)18(17)24-25;3-2(4,5)1(6)7/h7-9,13-15,23H,1-6,10-11,21H2;(H,6,7). The summed E-state index contributed by atoms with van der Waals surface area (Å²) < 4.78 is 39.3. The van der Waals surface area contributed by atoms with Gasteiger partial charge in [0.2, 0.25) is 0 Å². The molecule has 2 aromatic heterocycles. The number of hydrogen-bond donors (Lipinski definition) is 3. The molecule has 1 fully saturated rings. The number of hydrogen-bond acceptors (Lipinski definition) is 7. The lowest BCUT2D eigenvalue weighted by Gasteiger charge is -2.30. The average molecular weight is 481 g/mol. The molecule has 1 aliphatic heterocycles. The summed E-state index contributed by atoms with van der Waals surface area (Å²) in [5.74, 6) is -3.00. The first kappa shape index (κ1) is 24.1. The van der Waals surface area contributed by atoms with E-state index in [0.717, 1.165) is 55.3 Å². The Morgan fingerprint density at radius 3 is 2.65 bits per heavy atom. The van der Waals surface area contributed by atoms with Gasteiger partial charge in [0.15, 0.2) is 0 Å². The van der Waals surface area contributed by atoms with Crippen LogP contribution in [0.25, 0.3) is 11.3 Å². The SMILES string of the molecule is NC1CCC(NCC2Cn3nc4c(c3C(=O)O2)CCc2cnccc2-4)CC1.O=C(O)C(F)(F)F. The Morgan fingerprint density at radius 2 is 1.97 bits per heavy atom. The average Bonchev–Trinajstić information content (AvgIpc) is 3.18. The van der Waals surface area contributed by atoms with Crippen molar-refractivity contribution in [3.8, 4) is 11.3 Å². The Hall–Kier alpha value is -2.99. The number of pyridine rings is 1. The van der Waals surface area contributed by atoms with Crippen LogP contribution in [-0.2, 0) is 28.9 Å². The van der Waals surface area contributed by atoms with E-state index in [9.17, 15) is 18.0 Å². The predicted molar refractivity (Wildman–Crippen MR) is 114 cm³/mol. The fourth-order valence-electron chi connectivity index (χ4n) is 4.59. The molecule has 0 saturated heterocycles. The molecule has 1 unspecified atom stereocenters. The van der Waals surface area contributed by atoms with Crippen LogP contribution in [0.2, 0.25) is 0 Å². The van der Waals surface area contributed by atoms with Crippen LogP contribution in [-0.4, -0.2) is 62.7 Å². The molecule has 0 radical (unpaired) electrons. The Bertz CT molecular complexity index is 1060. The van der Waals surface area contributed by atoms with Crippen LogP contribution >= 0.6 is 0 Å². The highest BCUT2D eigenvalue weighted by atomic mass is 19.4. The van der Waals surface area contributed by atoms with Gasteiger partial charge in [-0.3, -0.25) is 9.67 Å². The minimum atomic E-state index is -5.08. The molecule has 0 spiro atoms. The summed E-state index contributed by atoms with van der Waals surface area (Å²) in [7, 11) is 0. The molecule has 9 nitrogen and oxygen atoms in total. The Morgan fingerprint density at radius 1 is 1.26 bits per heavy atom. The number of carboxylic acids is 1. The molecule has 184 valence electrons. The topological polar surface area (TPSA) is 132 Å².